The van der Waals surface area contributed by atoms with Crippen molar-refractivity contribution in [2.24, 2.45) is 0 Å². The van der Waals surface area contributed by atoms with Crippen molar-refractivity contribution in [3.63, 3.8) is 0 Å². The van der Waals surface area contributed by atoms with E-state index in [0.29, 0.717) is 0 Å². The summed E-state index contributed by atoms with van der Waals surface area (Å²) >= 11 is 0. The molecule has 1 heterocycles. The Morgan fingerprint density at radius 3 is 2.04 bits per heavy atom. The molecule has 0 amide bonds. The van der Waals surface area contributed by atoms with E-state index in [9.17, 15) is 9.59 Å². The molecule has 0 spiro atoms. The van der Waals surface area contributed by atoms with Crippen molar-refractivity contribution < 1.29 is 19.1 Å². The second-order valence-corrected chi connectivity index (χ2v) is 6.20. The van der Waals surface area contributed by atoms with Crippen LogP contribution in [0.1, 0.15) is 17.2 Å². The molecule has 1 atom stereocenters. The minimum atomic E-state index is -0.588. The van der Waals surface area contributed by atoms with E-state index in [1.807, 2.05) is 66.4 Å². The summed E-state index contributed by atoms with van der Waals surface area (Å²) in [5, 5.41) is 0. The van der Waals surface area contributed by atoms with Crippen LogP contribution in [0.4, 0.5) is 5.69 Å². The van der Waals surface area contributed by atoms with Crippen molar-refractivity contribution in [3.8, 4) is 0 Å². The molecule has 1 unspecified atom stereocenters. The second-order valence-electron chi connectivity index (χ2n) is 6.20. The fraction of sp³-hybridized carbons (Fsp3) is 0.182. The Kier molecular flexibility index (Phi) is 5.41. The van der Waals surface area contributed by atoms with Crippen LogP contribution in [0.5, 0.6) is 0 Å². The minimum absolute atomic E-state index is 0.164. The molecule has 0 bridgehead atoms. The highest BCUT2D eigenvalue weighted by Crippen LogP contribution is 2.36. The van der Waals surface area contributed by atoms with Gasteiger partial charge in [0.15, 0.2) is 0 Å². The average molecular weight is 363 g/mol. The van der Waals surface area contributed by atoms with Gasteiger partial charge in [0, 0.05) is 11.9 Å². The van der Waals surface area contributed by atoms with Crippen LogP contribution in [0, 0.1) is 6.92 Å². The molecule has 138 valence electrons. The number of anilines is 1. The number of hydrogen-bond donors (Lipinski definition) is 0. The largest absolute Gasteiger partial charge is 0.465 e. The van der Waals surface area contributed by atoms with Gasteiger partial charge in [-0.25, -0.2) is 9.59 Å². The quantitative estimate of drug-likeness (QED) is 0.775. The molecule has 27 heavy (non-hydrogen) atoms. The van der Waals surface area contributed by atoms with Crippen molar-refractivity contribution in [1.29, 1.82) is 0 Å². The first kappa shape index (κ1) is 18.5. The third kappa shape index (κ3) is 3.77. The monoisotopic (exact) mass is 363 g/mol. The van der Waals surface area contributed by atoms with Crippen LogP contribution in [0.2, 0.25) is 0 Å². The van der Waals surface area contributed by atoms with Gasteiger partial charge >= 0.3 is 11.9 Å². The molecule has 2 aromatic carbocycles. The van der Waals surface area contributed by atoms with Crippen LogP contribution in [-0.2, 0) is 19.1 Å². The fourth-order valence-electron chi connectivity index (χ4n) is 3.04. The summed E-state index contributed by atoms with van der Waals surface area (Å²) < 4.78 is 9.76. The smallest absolute Gasteiger partial charge is 0.340 e. The average Bonchev–Trinajstić information content (AvgIpc) is 2.73. The number of benzene rings is 2. The number of nitrogens with zero attached hydrogens (tertiary/aromatic N) is 1. The molecule has 2 aromatic rings. The molecular formula is C22H21NO4. The summed E-state index contributed by atoms with van der Waals surface area (Å²) in [6.45, 7) is 2.01. The molecule has 1 aliphatic rings. The lowest BCUT2D eigenvalue weighted by atomic mass is 9.94. The predicted octanol–water partition coefficient (Wildman–Crippen LogP) is 3.71. The maximum absolute atomic E-state index is 12.3. The SMILES string of the molecule is COC(=O)C1=CC(c2ccccc2)N(c2ccc(C)cc2)C=C1C(=O)OC. The maximum Gasteiger partial charge on any atom is 0.340 e. The van der Waals surface area contributed by atoms with Gasteiger partial charge < -0.3 is 14.4 Å². The zero-order valence-corrected chi connectivity index (χ0v) is 15.5. The highest BCUT2D eigenvalue weighted by atomic mass is 16.5. The summed E-state index contributed by atoms with van der Waals surface area (Å²) in [7, 11) is 2.58. The summed E-state index contributed by atoms with van der Waals surface area (Å²) in [5.41, 5.74) is 3.38. The van der Waals surface area contributed by atoms with Crippen LogP contribution in [0.25, 0.3) is 0 Å². The summed E-state index contributed by atoms with van der Waals surface area (Å²) in [6.07, 6.45) is 3.40. The van der Waals surface area contributed by atoms with Crippen molar-refractivity contribution in [3.05, 3.63) is 89.1 Å². The normalized spacial score (nSPS) is 16.3. The lowest BCUT2D eigenvalue weighted by molar-refractivity contribution is -0.139. The zero-order valence-electron chi connectivity index (χ0n) is 15.5. The van der Waals surface area contributed by atoms with Gasteiger partial charge in [0.2, 0.25) is 0 Å². The van der Waals surface area contributed by atoms with Crippen LogP contribution < -0.4 is 4.90 Å². The molecule has 5 heteroatoms. The highest BCUT2D eigenvalue weighted by molar-refractivity contribution is 6.08. The van der Waals surface area contributed by atoms with E-state index in [4.69, 9.17) is 9.47 Å². The topological polar surface area (TPSA) is 55.8 Å². The van der Waals surface area contributed by atoms with E-state index >= 15 is 0 Å². The summed E-state index contributed by atoms with van der Waals surface area (Å²) in [6, 6.07) is 17.5. The Bertz CT molecular complexity index is 898. The van der Waals surface area contributed by atoms with Gasteiger partial charge in [0.1, 0.15) is 0 Å². The van der Waals surface area contributed by atoms with Gasteiger partial charge in [0.05, 0.1) is 31.4 Å². The van der Waals surface area contributed by atoms with Gasteiger partial charge in [-0.3, -0.25) is 0 Å². The van der Waals surface area contributed by atoms with Crippen molar-refractivity contribution >= 4 is 17.6 Å². The number of aryl methyl sites for hydroxylation is 1. The van der Waals surface area contributed by atoms with Gasteiger partial charge in [-0.05, 0) is 30.7 Å². The van der Waals surface area contributed by atoms with Crippen molar-refractivity contribution in [2.45, 2.75) is 13.0 Å². The number of hydrogen-bond acceptors (Lipinski definition) is 5. The van der Waals surface area contributed by atoms with Crippen LogP contribution in [0.15, 0.2) is 78.0 Å². The Labute approximate surface area is 158 Å². The number of ether oxygens (including phenoxy) is 2. The number of carbonyl (C=O) groups excluding carboxylic acids is 2. The van der Waals surface area contributed by atoms with Crippen molar-refractivity contribution in [2.75, 3.05) is 19.1 Å². The maximum atomic E-state index is 12.3. The molecule has 0 N–H and O–H groups in total. The van der Waals surface area contributed by atoms with E-state index < -0.39 is 11.9 Å². The molecule has 5 nitrogen and oxygen atoms in total. The minimum Gasteiger partial charge on any atom is -0.465 e. The van der Waals surface area contributed by atoms with Crippen LogP contribution in [-0.4, -0.2) is 26.2 Å². The lowest BCUT2D eigenvalue weighted by Crippen LogP contribution is -2.30. The van der Waals surface area contributed by atoms with E-state index in [-0.39, 0.29) is 17.2 Å². The van der Waals surface area contributed by atoms with Gasteiger partial charge in [-0.1, -0.05) is 48.0 Å². The summed E-state index contributed by atoms with van der Waals surface area (Å²) in [4.78, 5) is 26.6. The third-order valence-electron chi connectivity index (χ3n) is 4.47. The van der Waals surface area contributed by atoms with Crippen molar-refractivity contribution in [1.82, 2.24) is 0 Å². The molecule has 0 saturated carbocycles. The standard InChI is InChI=1S/C22H21NO4/c1-15-9-11-17(12-10-15)23-14-19(22(25)27-3)18(21(24)26-2)13-20(23)16-7-5-4-6-8-16/h4-14,20H,1-3H3. The molecule has 0 saturated heterocycles. The molecule has 1 aliphatic heterocycles. The van der Waals surface area contributed by atoms with Gasteiger partial charge in [-0.2, -0.15) is 0 Å². The zero-order chi connectivity index (χ0) is 19.4. The highest BCUT2D eigenvalue weighted by Gasteiger charge is 2.32. The Hall–Kier alpha value is -3.34. The predicted molar refractivity (Wildman–Crippen MR) is 103 cm³/mol. The summed E-state index contributed by atoms with van der Waals surface area (Å²) in [5.74, 6) is -1.16. The van der Waals surface area contributed by atoms with E-state index in [0.717, 1.165) is 16.8 Å². The first-order chi connectivity index (χ1) is 13.0. The van der Waals surface area contributed by atoms with E-state index in [2.05, 4.69) is 0 Å². The molecular weight excluding hydrogens is 342 g/mol. The van der Waals surface area contributed by atoms with E-state index in [1.165, 1.54) is 14.2 Å². The Morgan fingerprint density at radius 2 is 1.44 bits per heavy atom. The second kappa shape index (κ2) is 7.91. The lowest BCUT2D eigenvalue weighted by Gasteiger charge is -2.33. The third-order valence-corrected chi connectivity index (χ3v) is 4.47. The molecule has 0 radical (unpaired) electrons. The number of rotatable bonds is 4. The molecule has 3 rings (SSSR count). The Balaban J connectivity index is 2.16. The number of methoxy groups -OCH3 is 2. The Morgan fingerprint density at radius 1 is 0.852 bits per heavy atom. The first-order valence-electron chi connectivity index (χ1n) is 8.55. The molecule has 0 fully saturated rings. The first-order valence-corrected chi connectivity index (χ1v) is 8.55. The molecule has 0 aromatic heterocycles. The van der Waals surface area contributed by atoms with Gasteiger partial charge in [0.25, 0.3) is 0 Å². The van der Waals surface area contributed by atoms with Gasteiger partial charge in [-0.15, -0.1) is 0 Å². The van der Waals surface area contributed by atoms with Crippen LogP contribution >= 0.6 is 0 Å². The molecule has 0 aliphatic carbocycles. The fourth-order valence-corrected chi connectivity index (χ4v) is 3.04. The number of esters is 2. The van der Waals surface area contributed by atoms with Crippen LogP contribution in [0.3, 0.4) is 0 Å². The van der Waals surface area contributed by atoms with E-state index in [1.54, 1.807) is 12.3 Å². The number of carbonyl (C=O) groups is 2.